The van der Waals surface area contributed by atoms with Gasteiger partial charge in [-0.15, -0.1) is 0 Å². The molecule has 2 nitrogen and oxygen atoms in total. The summed E-state index contributed by atoms with van der Waals surface area (Å²) in [5, 5.41) is -0.574. The Kier molecular flexibility index (Phi) is 4.74. The molecular weight excluding hydrogens is 303 g/mol. The minimum atomic E-state index is -1.46. The Morgan fingerprint density at radius 3 is 2.04 bits per heavy atom. The molecule has 1 aromatic rings. The summed E-state index contributed by atoms with van der Waals surface area (Å²) >= 11 is 0. The minimum absolute atomic E-state index is 0.179. The van der Waals surface area contributed by atoms with Crippen LogP contribution in [0.25, 0.3) is 0 Å². The van der Waals surface area contributed by atoms with E-state index in [2.05, 4.69) is 19.1 Å². The zero-order valence-electron chi connectivity index (χ0n) is 14.7. The highest BCUT2D eigenvalue weighted by atomic mass is 31.1. The lowest BCUT2D eigenvalue weighted by molar-refractivity contribution is 0.0938. The molecule has 0 radical (unpaired) electrons. The van der Waals surface area contributed by atoms with Crippen LogP contribution in [0.5, 0.6) is 0 Å². The predicted octanol–water partition coefficient (Wildman–Crippen LogP) is 5.88. The fraction of sp³-hybridized carbons (Fsp3) is 0.650. The van der Waals surface area contributed by atoms with Gasteiger partial charge >= 0.3 is 7.80 Å². The Balaban J connectivity index is 2.01. The maximum absolute atomic E-state index is 13.5. The summed E-state index contributed by atoms with van der Waals surface area (Å²) in [7, 11) is -1.46. The number of carbonyl (C=O) groups excluding carboxylic acids is 1. The number of aryl methyl sites for hydroxylation is 3. The fourth-order valence-corrected chi connectivity index (χ4v) is 7.37. The third kappa shape index (κ3) is 2.91. The smallest absolute Gasteiger partial charge is 0.289 e. The molecule has 2 fully saturated rings. The van der Waals surface area contributed by atoms with Crippen molar-refractivity contribution in [2.45, 2.75) is 83.0 Å². The first-order valence-corrected chi connectivity index (χ1v) is 10.4. The normalized spacial score (nSPS) is 21.6. The Morgan fingerprint density at radius 1 is 1.00 bits per heavy atom. The summed E-state index contributed by atoms with van der Waals surface area (Å²) in [6.45, 7) is 6.12. The Morgan fingerprint density at radius 2 is 1.52 bits per heavy atom. The van der Waals surface area contributed by atoms with Crippen LogP contribution in [0.15, 0.2) is 12.1 Å². The van der Waals surface area contributed by atoms with E-state index in [9.17, 15) is 9.36 Å². The molecule has 0 N–H and O–H groups in total. The lowest BCUT2D eigenvalue weighted by Crippen LogP contribution is -2.35. The highest BCUT2D eigenvalue weighted by molar-refractivity contribution is 7.49. The van der Waals surface area contributed by atoms with Crippen molar-refractivity contribution >= 4 is 13.6 Å². The monoisotopic (exact) mass is 331 g/mol. The van der Waals surface area contributed by atoms with E-state index >= 15 is 0 Å². The number of hydrogen-bond acceptors (Lipinski definition) is 2. The standard InChI is InChI=1S/C20H28O2P/c1-14-12-15(2)18(16(3)13-14)19(21)20(10-6-7-11-20)23(22)17-8-4-5-9-17/h12-13,17H,4-11H2,1-3H3/q+1. The lowest BCUT2D eigenvalue weighted by atomic mass is 9.88. The molecule has 2 aliphatic carbocycles. The molecule has 0 aromatic heterocycles. The highest BCUT2D eigenvalue weighted by Crippen LogP contribution is 2.58. The van der Waals surface area contributed by atoms with Gasteiger partial charge in [0.15, 0.2) is 5.66 Å². The van der Waals surface area contributed by atoms with Crippen LogP contribution in [0.3, 0.4) is 0 Å². The molecular formula is C20H28O2P+. The molecule has 1 atom stereocenters. The summed E-state index contributed by atoms with van der Waals surface area (Å²) in [6.07, 6.45) is 8.20. The number of rotatable bonds is 4. The van der Waals surface area contributed by atoms with Gasteiger partial charge in [-0.25, -0.2) is 0 Å². The van der Waals surface area contributed by atoms with Crippen molar-refractivity contribution in [3.05, 3.63) is 34.4 Å². The molecule has 0 amide bonds. The molecule has 124 valence electrons. The molecule has 3 rings (SSSR count). The average Bonchev–Trinajstić information content (AvgIpc) is 3.18. The molecule has 3 heteroatoms. The van der Waals surface area contributed by atoms with Crippen molar-refractivity contribution < 1.29 is 9.36 Å². The van der Waals surface area contributed by atoms with Crippen molar-refractivity contribution in [2.75, 3.05) is 0 Å². The maximum atomic E-state index is 13.5. The van der Waals surface area contributed by atoms with E-state index in [1.807, 2.05) is 13.8 Å². The second kappa shape index (κ2) is 6.48. The fourth-order valence-electron chi connectivity index (χ4n) is 4.77. The van der Waals surface area contributed by atoms with Crippen LogP contribution in [-0.4, -0.2) is 16.6 Å². The first-order chi connectivity index (χ1) is 11.0. The van der Waals surface area contributed by atoms with Gasteiger partial charge in [-0.1, -0.05) is 22.3 Å². The van der Waals surface area contributed by atoms with Crippen molar-refractivity contribution in [1.82, 2.24) is 0 Å². The topological polar surface area (TPSA) is 34.1 Å². The quantitative estimate of drug-likeness (QED) is 0.510. The second-order valence-corrected chi connectivity index (χ2v) is 9.84. The van der Waals surface area contributed by atoms with Gasteiger partial charge in [0.1, 0.15) is 0 Å². The largest absolute Gasteiger partial charge is 0.356 e. The Bertz CT molecular complexity index is 612. The third-order valence-electron chi connectivity index (χ3n) is 5.84. The van der Waals surface area contributed by atoms with Gasteiger partial charge < -0.3 is 0 Å². The van der Waals surface area contributed by atoms with Crippen molar-refractivity contribution in [3.8, 4) is 0 Å². The van der Waals surface area contributed by atoms with Crippen LogP contribution >= 0.6 is 7.80 Å². The molecule has 1 aromatic carbocycles. The first kappa shape index (κ1) is 16.8. The number of ketones is 1. The van der Waals surface area contributed by atoms with Crippen LogP contribution in [0.4, 0.5) is 0 Å². The van der Waals surface area contributed by atoms with E-state index in [1.54, 1.807) is 0 Å². The van der Waals surface area contributed by atoms with E-state index in [4.69, 9.17) is 0 Å². The summed E-state index contributed by atoms with van der Waals surface area (Å²) in [5.74, 6) is 0.179. The van der Waals surface area contributed by atoms with E-state index in [1.165, 1.54) is 18.4 Å². The van der Waals surface area contributed by atoms with E-state index in [0.29, 0.717) is 0 Å². The summed E-state index contributed by atoms with van der Waals surface area (Å²) < 4.78 is 13.4. The zero-order valence-corrected chi connectivity index (χ0v) is 15.5. The SMILES string of the molecule is Cc1cc(C)c(C(=O)C2([P+](=O)C3CCCC3)CCCC2)c(C)c1. The van der Waals surface area contributed by atoms with Crippen LogP contribution in [0, 0.1) is 20.8 Å². The molecule has 0 heterocycles. The van der Waals surface area contributed by atoms with Crippen molar-refractivity contribution in [2.24, 2.45) is 0 Å². The van der Waals surface area contributed by atoms with E-state index in [-0.39, 0.29) is 11.4 Å². The predicted molar refractivity (Wildman–Crippen MR) is 96.0 cm³/mol. The molecule has 2 saturated carbocycles. The van der Waals surface area contributed by atoms with Crippen LogP contribution in [0.2, 0.25) is 0 Å². The number of hydrogen-bond donors (Lipinski definition) is 0. The molecule has 0 saturated heterocycles. The number of Topliss-reactive ketones (excluding diaryl/α,β-unsaturated/α-hetero) is 1. The lowest BCUT2D eigenvalue weighted by Gasteiger charge is -2.21. The van der Waals surface area contributed by atoms with E-state index in [0.717, 1.165) is 55.2 Å². The number of carbonyl (C=O) groups is 1. The first-order valence-electron chi connectivity index (χ1n) is 9.05. The molecule has 2 aliphatic rings. The van der Waals surface area contributed by atoms with Gasteiger partial charge in [0.05, 0.1) is 0 Å². The molecule has 1 unspecified atom stereocenters. The molecule has 0 aliphatic heterocycles. The summed E-state index contributed by atoms with van der Waals surface area (Å²) in [5.41, 5.74) is 4.41. The van der Waals surface area contributed by atoms with E-state index < -0.39 is 13.0 Å². The number of benzene rings is 1. The molecule has 0 bridgehead atoms. The maximum Gasteiger partial charge on any atom is 0.356 e. The average molecular weight is 331 g/mol. The highest BCUT2D eigenvalue weighted by Gasteiger charge is 2.60. The Hall–Kier alpha value is -1.01. The van der Waals surface area contributed by atoms with Gasteiger partial charge in [-0.05, 0) is 70.4 Å². The summed E-state index contributed by atoms with van der Waals surface area (Å²) in [6, 6.07) is 4.18. The summed E-state index contributed by atoms with van der Waals surface area (Å²) in [4.78, 5) is 13.5. The van der Waals surface area contributed by atoms with Gasteiger partial charge in [0.25, 0.3) is 0 Å². The third-order valence-corrected chi connectivity index (χ3v) is 8.51. The van der Waals surface area contributed by atoms with Crippen LogP contribution < -0.4 is 0 Å². The van der Waals surface area contributed by atoms with Gasteiger partial charge in [-0.2, -0.15) is 0 Å². The zero-order chi connectivity index (χ0) is 16.6. The minimum Gasteiger partial charge on any atom is -0.289 e. The van der Waals surface area contributed by atoms with Crippen molar-refractivity contribution in [1.29, 1.82) is 0 Å². The van der Waals surface area contributed by atoms with Crippen LogP contribution in [0.1, 0.15) is 78.4 Å². The van der Waals surface area contributed by atoms with Gasteiger partial charge in [0.2, 0.25) is 10.9 Å². The molecule has 0 spiro atoms. The Labute approximate surface area is 140 Å². The van der Waals surface area contributed by atoms with Crippen molar-refractivity contribution in [3.63, 3.8) is 0 Å². The van der Waals surface area contributed by atoms with Gasteiger partial charge in [0, 0.05) is 18.4 Å². The second-order valence-electron chi connectivity index (χ2n) is 7.61. The molecule has 23 heavy (non-hydrogen) atoms. The van der Waals surface area contributed by atoms with Crippen LogP contribution in [-0.2, 0) is 4.57 Å². The van der Waals surface area contributed by atoms with Gasteiger partial charge in [-0.3, -0.25) is 4.79 Å².